The van der Waals surface area contributed by atoms with Crippen LogP contribution in [0.1, 0.15) is 38.3 Å². The number of hydrogen-bond donors (Lipinski definition) is 2. The van der Waals surface area contributed by atoms with E-state index in [1.54, 1.807) is 7.05 Å². The fraction of sp³-hybridized carbons (Fsp3) is 0.381. The number of halogens is 4. The number of anilines is 3. The molecular formula is C21H25F4N3O. The predicted molar refractivity (Wildman–Crippen MR) is 107 cm³/mol. The zero-order valence-corrected chi connectivity index (χ0v) is 16.8. The maximum atomic E-state index is 14.8. The Morgan fingerprint density at radius 3 is 2.17 bits per heavy atom. The van der Waals surface area contributed by atoms with Crippen molar-refractivity contribution in [2.75, 3.05) is 23.0 Å². The molecule has 3 N–H and O–H groups in total. The Morgan fingerprint density at radius 2 is 1.66 bits per heavy atom. The van der Waals surface area contributed by atoms with Crippen LogP contribution in [-0.2, 0) is 17.5 Å². The molecule has 0 saturated heterocycles. The van der Waals surface area contributed by atoms with Crippen molar-refractivity contribution in [2.45, 2.75) is 39.9 Å². The van der Waals surface area contributed by atoms with Gasteiger partial charge >= 0.3 is 6.18 Å². The molecule has 0 aliphatic heterocycles. The van der Waals surface area contributed by atoms with Crippen molar-refractivity contribution < 1.29 is 22.4 Å². The molecule has 0 spiro atoms. The summed E-state index contributed by atoms with van der Waals surface area (Å²) in [5, 5.41) is 2.61. The summed E-state index contributed by atoms with van der Waals surface area (Å²) in [6.45, 7) is 5.92. The van der Waals surface area contributed by atoms with Crippen molar-refractivity contribution in [3.8, 4) is 0 Å². The van der Waals surface area contributed by atoms with Gasteiger partial charge in [0.15, 0.2) is 5.82 Å². The lowest BCUT2D eigenvalue weighted by Gasteiger charge is -2.22. The Balaban J connectivity index is 2.14. The number of carbonyl (C=O) groups is 1. The minimum atomic E-state index is -4.40. The minimum absolute atomic E-state index is 0.177. The molecule has 0 unspecified atom stereocenters. The van der Waals surface area contributed by atoms with Crippen molar-refractivity contribution in [1.82, 2.24) is 0 Å². The first-order valence-electron chi connectivity index (χ1n) is 9.03. The fourth-order valence-electron chi connectivity index (χ4n) is 2.82. The van der Waals surface area contributed by atoms with Crippen LogP contribution in [0.3, 0.4) is 0 Å². The quantitative estimate of drug-likeness (QED) is 0.509. The fourth-order valence-corrected chi connectivity index (χ4v) is 2.82. The van der Waals surface area contributed by atoms with Crippen LogP contribution in [0, 0.1) is 11.2 Å². The van der Waals surface area contributed by atoms with Gasteiger partial charge in [-0.3, -0.25) is 4.79 Å². The summed E-state index contributed by atoms with van der Waals surface area (Å²) in [5.41, 5.74) is 5.64. The predicted octanol–water partition coefficient (Wildman–Crippen LogP) is 5.44. The number of hydrogen-bond acceptors (Lipinski definition) is 3. The summed E-state index contributed by atoms with van der Waals surface area (Å²) in [6, 6.07) is 7.66. The first-order valence-corrected chi connectivity index (χ1v) is 9.03. The largest absolute Gasteiger partial charge is 0.416 e. The third kappa shape index (κ3) is 6.10. The molecule has 0 saturated carbocycles. The molecule has 2 rings (SSSR count). The number of nitrogens with one attached hydrogen (secondary N) is 1. The third-order valence-corrected chi connectivity index (χ3v) is 4.24. The van der Waals surface area contributed by atoms with Crippen LogP contribution in [0.2, 0.25) is 0 Å². The molecule has 0 atom stereocenters. The molecule has 1 amide bonds. The van der Waals surface area contributed by atoms with Crippen molar-refractivity contribution in [3.63, 3.8) is 0 Å². The van der Waals surface area contributed by atoms with Gasteiger partial charge in [0.25, 0.3) is 0 Å². The first kappa shape index (κ1) is 22.5. The lowest BCUT2D eigenvalue weighted by atomic mass is 9.92. The van der Waals surface area contributed by atoms with Gasteiger partial charge < -0.3 is 16.0 Å². The number of nitrogen functional groups attached to an aromatic ring is 1. The van der Waals surface area contributed by atoms with E-state index in [4.69, 9.17) is 5.73 Å². The maximum Gasteiger partial charge on any atom is 0.416 e. The number of amides is 1. The van der Waals surface area contributed by atoms with Crippen LogP contribution in [0.25, 0.3) is 0 Å². The van der Waals surface area contributed by atoms with Gasteiger partial charge in [0.05, 0.1) is 22.6 Å². The van der Waals surface area contributed by atoms with E-state index in [0.29, 0.717) is 5.56 Å². The molecule has 0 fully saturated rings. The number of rotatable bonds is 5. The third-order valence-electron chi connectivity index (χ3n) is 4.24. The summed E-state index contributed by atoms with van der Waals surface area (Å²) in [5.74, 6) is -0.970. The van der Waals surface area contributed by atoms with Gasteiger partial charge in [0.2, 0.25) is 5.91 Å². The van der Waals surface area contributed by atoms with Crippen LogP contribution >= 0.6 is 0 Å². The average molecular weight is 411 g/mol. The topological polar surface area (TPSA) is 58.4 Å². The first-order chi connectivity index (χ1) is 13.3. The molecule has 8 heteroatoms. The Labute approximate surface area is 167 Å². The highest BCUT2D eigenvalue weighted by atomic mass is 19.4. The number of benzene rings is 2. The van der Waals surface area contributed by atoms with E-state index in [9.17, 15) is 22.4 Å². The molecule has 29 heavy (non-hydrogen) atoms. The molecule has 2 aromatic carbocycles. The number of alkyl halides is 3. The normalized spacial score (nSPS) is 12.0. The molecular weight excluding hydrogens is 386 g/mol. The standard InChI is InChI=1S/C21H25F4N3O/c1-20(2,3)11-17(29)27-15-9-10-16(18(22)19(15)26)28(4)12-13-5-7-14(8-6-13)21(23,24)25/h5-10H,11-12,26H2,1-4H3,(H,27,29). The molecule has 0 aliphatic rings. The SMILES string of the molecule is CN(Cc1ccc(C(F)(F)F)cc1)c1ccc(NC(=O)CC(C)(C)C)c(N)c1F. The van der Waals surface area contributed by atoms with E-state index < -0.39 is 17.6 Å². The highest BCUT2D eigenvalue weighted by Crippen LogP contribution is 2.32. The Morgan fingerprint density at radius 1 is 1.07 bits per heavy atom. The Bertz CT molecular complexity index is 871. The molecule has 2 aromatic rings. The van der Waals surface area contributed by atoms with Crippen LogP contribution in [0.4, 0.5) is 34.6 Å². The number of nitrogens with zero attached hydrogens (tertiary/aromatic N) is 1. The Kier molecular flexibility index (Phi) is 6.45. The van der Waals surface area contributed by atoms with Gasteiger partial charge in [-0.15, -0.1) is 0 Å². The van der Waals surface area contributed by atoms with Gasteiger partial charge in [-0.25, -0.2) is 4.39 Å². The average Bonchev–Trinajstić information content (AvgIpc) is 2.57. The molecule has 4 nitrogen and oxygen atoms in total. The smallest absolute Gasteiger partial charge is 0.395 e. The van der Waals surface area contributed by atoms with Crippen LogP contribution < -0.4 is 16.0 Å². The van der Waals surface area contributed by atoms with E-state index >= 15 is 0 Å². The molecule has 158 valence electrons. The van der Waals surface area contributed by atoms with E-state index in [-0.39, 0.29) is 41.3 Å². The molecule has 0 aromatic heterocycles. The molecule has 0 aliphatic carbocycles. The summed E-state index contributed by atoms with van der Waals surface area (Å²) in [6.07, 6.45) is -4.15. The van der Waals surface area contributed by atoms with Gasteiger partial charge in [0, 0.05) is 20.0 Å². The highest BCUT2D eigenvalue weighted by Gasteiger charge is 2.30. The lowest BCUT2D eigenvalue weighted by molar-refractivity contribution is -0.137. The second-order valence-corrected chi connectivity index (χ2v) is 8.20. The molecule has 0 bridgehead atoms. The van der Waals surface area contributed by atoms with E-state index in [1.807, 2.05) is 20.8 Å². The number of nitrogens with two attached hydrogens (primary N) is 1. The Hall–Kier alpha value is -2.77. The van der Waals surface area contributed by atoms with Crippen molar-refractivity contribution >= 4 is 23.0 Å². The maximum absolute atomic E-state index is 14.8. The van der Waals surface area contributed by atoms with Crippen molar-refractivity contribution in [3.05, 3.63) is 53.3 Å². The second-order valence-electron chi connectivity index (χ2n) is 8.20. The van der Waals surface area contributed by atoms with E-state index in [0.717, 1.165) is 12.1 Å². The summed E-state index contributed by atoms with van der Waals surface area (Å²) in [7, 11) is 1.60. The van der Waals surface area contributed by atoms with Gasteiger partial charge in [-0.05, 0) is 35.2 Å². The lowest BCUT2D eigenvalue weighted by Crippen LogP contribution is -2.22. The second kappa shape index (κ2) is 8.31. The highest BCUT2D eigenvalue weighted by molar-refractivity contribution is 5.94. The van der Waals surface area contributed by atoms with Crippen molar-refractivity contribution in [2.24, 2.45) is 5.41 Å². The van der Waals surface area contributed by atoms with Gasteiger partial charge in [-0.2, -0.15) is 13.2 Å². The molecule has 0 radical (unpaired) electrons. The monoisotopic (exact) mass is 411 g/mol. The van der Waals surface area contributed by atoms with Crippen molar-refractivity contribution in [1.29, 1.82) is 0 Å². The van der Waals surface area contributed by atoms with E-state index in [1.165, 1.54) is 29.2 Å². The summed E-state index contributed by atoms with van der Waals surface area (Å²) >= 11 is 0. The van der Waals surface area contributed by atoms with Crippen LogP contribution in [0.15, 0.2) is 36.4 Å². The zero-order valence-electron chi connectivity index (χ0n) is 16.8. The summed E-state index contributed by atoms with van der Waals surface area (Å²) in [4.78, 5) is 13.6. The van der Waals surface area contributed by atoms with Gasteiger partial charge in [0.1, 0.15) is 0 Å². The number of carbonyl (C=O) groups excluding carboxylic acids is 1. The summed E-state index contributed by atoms with van der Waals surface area (Å²) < 4.78 is 52.7. The molecule has 0 heterocycles. The van der Waals surface area contributed by atoms with Crippen LogP contribution in [-0.4, -0.2) is 13.0 Å². The zero-order chi connectivity index (χ0) is 22.0. The van der Waals surface area contributed by atoms with E-state index in [2.05, 4.69) is 5.32 Å². The minimum Gasteiger partial charge on any atom is -0.395 e. The van der Waals surface area contributed by atoms with Crippen LogP contribution in [0.5, 0.6) is 0 Å². The van der Waals surface area contributed by atoms with Gasteiger partial charge in [-0.1, -0.05) is 32.9 Å².